The van der Waals surface area contributed by atoms with Crippen molar-refractivity contribution in [2.24, 2.45) is 22.2 Å². The van der Waals surface area contributed by atoms with Crippen LogP contribution in [0.15, 0.2) is 59.7 Å². The van der Waals surface area contributed by atoms with Gasteiger partial charge in [-0.3, -0.25) is 9.59 Å². The molecule has 138 valence electrons. The molecule has 2 aromatic rings. The fourth-order valence-corrected chi connectivity index (χ4v) is 4.79. The van der Waals surface area contributed by atoms with E-state index < -0.39 is 5.41 Å². The van der Waals surface area contributed by atoms with Crippen LogP contribution < -0.4 is 11.2 Å². The van der Waals surface area contributed by atoms with Gasteiger partial charge >= 0.3 is 0 Å². The third-order valence-corrected chi connectivity index (χ3v) is 6.17. The Bertz CT molecular complexity index is 920. The number of ketones is 1. The summed E-state index contributed by atoms with van der Waals surface area (Å²) in [7, 11) is 0. The molecule has 0 bridgehead atoms. The summed E-state index contributed by atoms with van der Waals surface area (Å²) >= 11 is 0. The minimum absolute atomic E-state index is 0.146. The van der Waals surface area contributed by atoms with Crippen LogP contribution in [0, 0.1) is 18.3 Å². The SMILES string of the molecule is Cc1ccc([C@H]2CC(=O)[C@H](C)[C@@H](c3ccccc3)C23C(=O)NN=C3N)cc1. The zero-order valence-corrected chi connectivity index (χ0v) is 15.5. The lowest BCUT2D eigenvalue weighted by atomic mass is 9.52. The normalized spacial score (nSPS) is 30.3. The number of nitrogens with one attached hydrogen (secondary N) is 1. The Labute approximate surface area is 158 Å². The van der Waals surface area contributed by atoms with Crippen LogP contribution in [0.3, 0.4) is 0 Å². The second kappa shape index (κ2) is 6.34. The van der Waals surface area contributed by atoms with Crippen molar-refractivity contribution in [1.82, 2.24) is 5.43 Å². The molecular formula is C22H23N3O2. The largest absolute Gasteiger partial charge is 0.385 e. The zero-order valence-electron chi connectivity index (χ0n) is 15.5. The summed E-state index contributed by atoms with van der Waals surface area (Å²) in [4.78, 5) is 26.2. The molecule has 3 N–H and O–H groups in total. The molecule has 1 fully saturated rings. The molecular weight excluding hydrogens is 338 g/mol. The summed E-state index contributed by atoms with van der Waals surface area (Å²) in [6.07, 6.45) is 0.275. The molecule has 5 nitrogen and oxygen atoms in total. The van der Waals surface area contributed by atoms with Gasteiger partial charge in [0.15, 0.2) is 0 Å². The number of rotatable bonds is 2. The Morgan fingerprint density at radius 2 is 1.70 bits per heavy atom. The van der Waals surface area contributed by atoms with Gasteiger partial charge in [0.2, 0.25) is 0 Å². The van der Waals surface area contributed by atoms with Crippen molar-refractivity contribution in [1.29, 1.82) is 0 Å². The maximum atomic E-state index is 13.2. The molecule has 27 heavy (non-hydrogen) atoms. The van der Waals surface area contributed by atoms with Crippen LogP contribution in [0.4, 0.5) is 0 Å². The summed E-state index contributed by atoms with van der Waals surface area (Å²) in [5.41, 5.74) is 10.9. The predicted octanol–water partition coefficient (Wildman–Crippen LogP) is 2.86. The van der Waals surface area contributed by atoms with Gasteiger partial charge in [-0.05, 0) is 18.1 Å². The summed E-state index contributed by atoms with van der Waals surface area (Å²) in [6, 6.07) is 17.7. The van der Waals surface area contributed by atoms with Crippen LogP contribution >= 0.6 is 0 Å². The van der Waals surface area contributed by atoms with Crippen LogP contribution in [0.5, 0.6) is 0 Å². The molecule has 1 saturated carbocycles. The number of hydrogen-bond donors (Lipinski definition) is 2. The zero-order chi connectivity index (χ0) is 19.2. The molecule has 1 heterocycles. The fraction of sp³-hybridized carbons (Fsp3) is 0.318. The monoisotopic (exact) mass is 361 g/mol. The van der Waals surface area contributed by atoms with Crippen LogP contribution in [0.2, 0.25) is 0 Å². The molecule has 5 heteroatoms. The standard InChI is InChI=1S/C22H23N3O2/c1-13-8-10-15(11-9-13)17-12-18(26)14(2)19(16-6-4-3-5-7-16)22(17)20(23)24-25-21(22)27/h3-11,14,17,19H,12H2,1-2H3,(H2,23,24)(H,25,27)/t14-,17+,19-,22?/m0/s1. The first-order chi connectivity index (χ1) is 13.0. The first-order valence-electron chi connectivity index (χ1n) is 9.24. The van der Waals surface area contributed by atoms with E-state index in [9.17, 15) is 9.59 Å². The molecule has 0 saturated heterocycles. The number of carbonyl (C=O) groups excluding carboxylic acids is 2. The van der Waals surface area contributed by atoms with Gasteiger partial charge < -0.3 is 5.73 Å². The molecule has 1 unspecified atom stereocenters. The molecule has 4 atom stereocenters. The summed E-state index contributed by atoms with van der Waals surface area (Å²) in [5.74, 6) is -0.847. The van der Waals surface area contributed by atoms with Crippen LogP contribution in [0.1, 0.15) is 41.9 Å². The molecule has 1 spiro atoms. The summed E-state index contributed by atoms with van der Waals surface area (Å²) < 4.78 is 0. The number of amidine groups is 1. The van der Waals surface area contributed by atoms with Crippen LogP contribution in [-0.4, -0.2) is 17.5 Å². The number of aryl methyl sites for hydroxylation is 1. The molecule has 1 amide bonds. The van der Waals surface area contributed by atoms with Gasteiger partial charge in [0.05, 0.1) is 0 Å². The van der Waals surface area contributed by atoms with Crippen molar-refractivity contribution >= 4 is 17.5 Å². The third-order valence-electron chi connectivity index (χ3n) is 6.17. The molecule has 2 aliphatic rings. The second-order valence-electron chi connectivity index (χ2n) is 7.62. The average molecular weight is 361 g/mol. The van der Waals surface area contributed by atoms with Crippen molar-refractivity contribution in [3.05, 3.63) is 71.3 Å². The molecule has 0 radical (unpaired) electrons. The summed E-state index contributed by atoms with van der Waals surface area (Å²) in [5, 5.41) is 4.11. The Morgan fingerprint density at radius 1 is 1.04 bits per heavy atom. The van der Waals surface area contributed by atoms with E-state index in [0.717, 1.165) is 16.7 Å². The van der Waals surface area contributed by atoms with Crippen molar-refractivity contribution < 1.29 is 9.59 Å². The molecule has 1 aliphatic carbocycles. The van der Waals surface area contributed by atoms with Gasteiger partial charge in [0.25, 0.3) is 5.91 Å². The van der Waals surface area contributed by atoms with Gasteiger partial charge in [0, 0.05) is 24.2 Å². The van der Waals surface area contributed by atoms with E-state index in [0.29, 0.717) is 0 Å². The number of nitrogens with zero attached hydrogens (tertiary/aromatic N) is 1. The third kappa shape index (κ3) is 2.49. The van der Waals surface area contributed by atoms with E-state index in [2.05, 4.69) is 10.5 Å². The highest BCUT2D eigenvalue weighted by atomic mass is 16.2. The van der Waals surface area contributed by atoms with Gasteiger partial charge in [-0.25, -0.2) is 5.43 Å². The Morgan fingerprint density at radius 3 is 2.30 bits per heavy atom. The molecule has 2 aromatic carbocycles. The maximum absolute atomic E-state index is 13.2. The number of amides is 1. The highest BCUT2D eigenvalue weighted by molar-refractivity contribution is 6.14. The number of hydrazone groups is 1. The number of nitrogens with two attached hydrogens (primary N) is 1. The van der Waals surface area contributed by atoms with Crippen molar-refractivity contribution in [2.75, 3.05) is 0 Å². The van der Waals surface area contributed by atoms with Gasteiger partial charge in [-0.15, -0.1) is 0 Å². The number of carbonyl (C=O) groups is 2. The first kappa shape index (κ1) is 17.5. The summed E-state index contributed by atoms with van der Waals surface area (Å²) in [6.45, 7) is 3.91. The minimum Gasteiger partial charge on any atom is -0.385 e. The molecule has 0 aromatic heterocycles. The Kier molecular flexibility index (Phi) is 4.10. The number of hydrogen-bond acceptors (Lipinski definition) is 4. The number of benzene rings is 2. The highest BCUT2D eigenvalue weighted by Gasteiger charge is 2.63. The van der Waals surface area contributed by atoms with Gasteiger partial charge in [-0.2, -0.15) is 5.10 Å². The van der Waals surface area contributed by atoms with E-state index in [-0.39, 0.29) is 41.7 Å². The quantitative estimate of drug-likeness (QED) is 0.862. The van der Waals surface area contributed by atoms with E-state index >= 15 is 0 Å². The predicted molar refractivity (Wildman–Crippen MR) is 104 cm³/mol. The van der Waals surface area contributed by atoms with E-state index in [1.54, 1.807) is 0 Å². The van der Waals surface area contributed by atoms with Crippen LogP contribution in [0.25, 0.3) is 0 Å². The average Bonchev–Trinajstić information content (AvgIpc) is 2.96. The van der Waals surface area contributed by atoms with Gasteiger partial charge in [-0.1, -0.05) is 67.1 Å². The lowest BCUT2D eigenvalue weighted by Crippen LogP contribution is -2.56. The second-order valence-corrected chi connectivity index (χ2v) is 7.62. The van der Waals surface area contributed by atoms with Crippen molar-refractivity contribution in [2.45, 2.75) is 32.1 Å². The topological polar surface area (TPSA) is 84.5 Å². The first-order valence-corrected chi connectivity index (χ1v) is 9.24. The van der Waals surface area contributed by atoms with Crippen LogP contribution in [-0.2, 0) is 9.59 Å². The molecule has 4 rings (SSSR count). The number of Topliss-reactive ketones (excluding diaryl/α,β-unsaturated/α-hetero) is 1. The Hall–Kier alpha value is -2.95. The van der Waals surface area contributed by atoms with Crippen molar-refractivity contribution in [3.63, 3.8) is 0 Å². The van der Waals surface area contributed by atoms with Gasteiger partial charge in [0.1, 0.15) is 17.0 Å². The van der Waals surface area contributed by atoms with E-state index in [4.69, 9.17) is 5.73 Å². The smallest absolute Gasteiger partial charge is 0.255 e. The van der Waals surface area contributed by atoms with Crippen molar-refractivity contribution in [3.8, 4) is 0 Å². The van der Waals surface area contributed by atoms with E-state index in [1.165, 1.54) is 0 Å². The minimum atomic E-state index is -1.07. The lowest BCUT2D eigenvalue weighted by Gasteiger charge is -2.47. The van der Waals surface area contributed by atoms with E-state index in [1.807, 2.05) is 68.4 Å². The fourth-order valence-electron chi connectivity index (χ4n) is 4.79. The maximum Gasteiger partial charge on any atom is 0.255 e. The highest BCUT2D eigenvalue weighted by Crippen LogP contribution is 2.57. The lowest BCUT2D eigenvalue weighted by molar-refractivity contribution is -0.136. The molecule has 1 aliphatic heterocycles. The Balaban J connectivity index is 1.96.